The molecule has 30 heavy (non-hydrogen) atoms. The summed E-state index contributed by atoms with van der Waals surface area (Å²) in [6, 6.07) is 16.8. The zero-order chi connectivity index (χ0) is 21.5. The summed E-state index contributed by atoms with van der Waals surface area (Å²) in [5.74, 6) is 0.269. The maximum Gasteiger partial charge on any atom is 0.232 e. The Bertz CT molecular complexity index is 1110. The average Bonchev–Trinajstić information content (AvgIpc) is 2.72. The first-order valence-electron chi connectivity index (χ1n) is 10.1. The van der Waals surface area contributed by atoms with Crippen molar-refractivity contribution in [2.45, 2.75) is 39.0 Å². The van der Waals surface area contributed by atoms with Gasteiger partial charge in [0.1, 0.15) is 11.8 Å². The fourth-order valence-electron chi connectivity index (χ4n) is 4.68. The van der Waals surface area contributed by atoms with E-state index in [0.29, 0.717) is 41.1 Å². The first-order chi connectivity index (χ1) is 14.4. The SMILES string of the molecule is COc1ccccc1C1CC(=O)N(c2ccccc2C#N)C2=C1C(=O)CC(C)(C)C2. The number of carbonyl (C=O) groups excluding carboxylic acids is 2. The second-order valence-electron chi connectivity index (χ2n) is 8.66. The molecule has 2 aliphatic rings. The summed E-state index contributed by atoms with van der Waals surface area (Å²) in [6.45, 7) is 4.08. The van der Waals surface area contributed by atoms with E-state index in [0.717, 1.165) is 5.56 Å². The number of nitrogens with zero attached hydrogens (tertiary/aromatic N) is 2. The minimum absolute atomic E-state index is 0.0593. The highest BCUT2D eigenvalue weighted by Crippen LogP contribution is 2.49. The summed E-state index contributed by atoms with van der Waals surface area (Å²) < 4.78 is 5.54. The molecule has 0 saturated heterocycles. The van der Waals surface area contributed by atoms with E-state index in [1.54, 1.807) is 30.2 Å². The number of anilines is 1. The molecule has 0 bridgehead atoms. The van der Waals surface area contributed by atoms with Gasteiger partial charge in [-0.15, -0.1) is 0 Å². The zero-order valence-electron chi connectivity index (χ0n) is 17.4. The number of benzene rings is 2. The van der Waals surface area contributed by atoms with Gasteiger partial charge in [0.25, 0.3) is 0 Å². The Labute approximate surface area is 176 Å². The molecule has 5 heteroatoms. The van der Waals surface area contributed by atoms with E-state index in [4.69, 9.17) is 4.74 Å². The van der Waals surface area contributed by atoms with Crippen molar-refractivity contribution < 1.29 is 14.3 Å². The van der Waals surface area contributed by atoms with Gasteiger partial charge in [0.15, 0.2) is 5.78 Å². The second-order valence-corrected chi connectivity index (χ2v) is 8.66. The van der Waals surface area contributed by atoms with Crippen molar-refractivity contribution in [1.82, 2.24) is 0 Å². The highest BCUT2D eigenvalue weighted by molar-refractivity contribution is 6.08. The average molecular weight is 400 g/mol. The first-order valence-corrected chi connectivity index (χ1v) is 10.1. The van der Waals surface area contributed by atoms with Gasteiger partial charge in [-0.25, -0.2) is 0 Å². The van der Waals surface area contributed by atoms with Gasteiger partial charge < -0.3 is 4.74 Å². The van der Waals surface area contributed by atoms with Gasteiger partial charge in [-0.3, -0.25) is 14.5 Å². The van der Waals surface area contributed by atoms with E-state index in [1.807, 2.05) is 44.2 Å². The molecule has 1 atom stereocenters. The van der Waals surface area contributed by atoms with E-state index in [-0.39, 0.29) is 29.4 Å². The number of amides is 1. The van der Waals surface area contributed by atoms with Crippen LogP contribution in [0.3, 0.4) is 0 Å². The maximum atomic E-state index is 13.4. The quantitative estimate of drug-likeness (QED) is 0.747. The third-order valence-electron chi connectivity index (χ3n) is 5.92. The molecule has 1 heterocycles. The standard InChI is InChI=1S/C25H24N2O3/c1-25(2)13-20-24(21(28)14-25)18(17-9-5-7-11-22(17)30-3)12-23(29)27(20)19-10-6-4-8-16(19)15-26/h4-11,18H,12-14H2,1-3H3. The lowest BCUT2D eigenvalue weighted by atomic mass is 9.69. The number of hydrogen-bond donors (Lipinski definition) is 0. The van der Waals surface area contributed by atoms with E-state index < -0.39 is 0 Å². The van der Waals surface area contributed by atoms with Crippen LogP contribution in [0.4, 0.5) is 5.69 Å². The molecule has 5 nitrogen and oxygen atoms in total. The number of para-hydroxylation sites is 2. The topological polar surface area (TPSA) is 70.4 Å². The predicted octanol–water partition coefficient (Wildman–Crippen LogP) is 4.73. The molecule has 1 amide bonds. The van der Waals surface area contributed by atoms with Crippen LogP contribution in [0.15, 0.2) is 59.8 Å². The fourth-order valence-corrected chi connectivity index (χ4v) is 4.68. The van der Waals surface area contributed by atoms with Gasteiger partial charge >= 0.3 is 0 Å². The van der Waals surface area contributed by atoms with Crippen molar-refractivity contribution in [2.75, 3.05) is 12.0 Å². The van der Waals surface area contributed by atoms with Gasteiger partial charge in [0.2, 0.25) is 5.91 Å². The molecular formula is C25H24N2O3. The molecule has 152 valence electrons. The normalized spacial score (nSPS) is 20.6. The number of rotatable bonds is 3. The first kappa shape index (κ1) is 19.9. The number of ketones is 1. The number of ether oxygens (including phenoxy) is 1. The summed E-state index contributed by atoms with van der Waals surface area (Å²) in [4.78, 5) is 28.4. The van der Waals surface area contributed by atoms with E-state index in [1.165, 1.54) is 0 Å². The van der Waals surface area contributed by atoms with Crippen LogP contribution in [-0.4, -0.2) is 18.8 Å². The molecule has 0 radical (unpaired) electrons. The Morgan fingerprint density at radius 2 is 1.77 bits per heavy atom. The van der Waals surface area contributed by atoms with Crippen molar-refractivity contribution in [1.29, 1.82) is 5.26 Å². The largest absolute Gasteiger partial charge is 0.496 e. The molecule has 4 rings (SSSR count). The lowest BCUT2D eigenvalue weighted by molar-refractivity contribution is -0.121. The van der Waals surface area contributed by atoms with E-state index >= 15 is 0 Å². The molecule has 0 aromatic heterocycles. The fraction of sp³-hybridized carbons (Fsp3) is 0.320. The number of hydrogen-bond acceptors (Lipinski definition) is 4. The summed E-state index contributed by atoms with van der Waals surface area (Å²) >= 11 is 0. The minimum atomic E-state index is -0.349. The third kappa shape index (κ3) is 3.29. The zero-order valence-corrected chi connectivity index (χ0v) is 17.4. The highest BCUT2D eigenvalue weighted by atomic mass is 16.5. The molecule has 0 spiro atoms. The Morgan fingerprint density at radius 3 is 2.50 bits per heavy atom. The smallest absolute Gasteiger partial charge is 0.232 e. The molecule has 1 aliphatic carbocycles. The second kappa shape index (κ2) is 7.46. The molecule has 0 N–H and O–H groups in total. The molecule has 1 aliphatic heterocycles. The summed E-state index contributed by atoms with van der Waals surface area (Å²) in [6.07, 6.45) is 1.18. The molecule has 0 fully saturated rings. The molecule has 0 saturated carbocycles. The third-order valence-corrected chi connectivity index (χ3v) is 5.92. The van der Waals surface area contributed by atoms with Gasteiger partial charge in [0, 0.05) is 35.6 Å². The van der Waals surface area contributed by atoms with Gasteiger partial charge in [-0.2, -0.15) is 5.26 Å². The van der Waals surface area contributed by atoms with Crippen molar-refractivity contribution in [3.63, 3.8) is 0 Å². The Hall–Kier alpha value is -3.39. The lowest BCUT2D eigenvalue weighted by Crippen LogP contribution is -2.44. The van der Waals surface area contributed by atoms with Crippen LogP contribution in [-0.2, 0) is 9.59 Å². The number of Topliss-reactive ketones (excluding diaryl/α,β-unsaturated/α-hetero) is 1. The van der Waals surface area contributed by atoms with Crippen LogP contribution >= 0.6 is 0 Å². The molecular weight excluding hydrogens is 376 g/mol. The monoisotopic (exact) mass is 400 g/mol. The predicted molar refractivity (Wildman–Crippen MR) is 114 cm³/mol. The van der Waals surface area contributed by atoms with Crippen LogP contribution in [0, 0.1) is 16.7 Å². The van der Waals surface area contributed by atoms with Gasteiger partial charge in [-0.1, -0.05) is 44.2 Å². The molecule has 2 aromatic rings. The van der Waals surface area contributed by atoms with E-state index in [9.17, 15) is 14.9 Å². The lowest BCUT2D eigenvalue weighted by Gasteiger charge is -2.43. The Balaban J connectivity index is 1.96. The number of nitriles is 1. The Morgan fingerprint density at radius 1 is 1.07 bits per heavy atom. The van der Waals surface area contributed by atoms with Crippen LogP contribution < -0.4 is 9.64 Å². The van der Waals surface area contributed by atoms with Crippen LogP contribution in [0.5, 0.6) is 5.75 Å². The van der Waals surface area contributed by atoms with Crippen LogP contribution in [0.1, 0.15) is 50.2 Å². The Kier molecular flexibility index (Phi) is 4.95. The van der Waals surface area contributed by atoms with Crippen molar-refractivity contribution in [3.05, 3.63) is 70.9 Å². The summed E-state index contributed by atoms with van der Waals surface area (Å²) in [5, 5.41) is 9.60. The summed E-state index contributed by atoms with van der Waals surface area (Å²) in [5.41, 5.74) is 2.93. The van der Waals surface area contributed by atoms with Crippen molar-refractivity contribution in [2.24, 2.45) is 5.41 Å². The van der Waals surface area contributed by atoms with Crippen molar-refractivity contribution in [3.8, 4) is 11.8 Å². The maximum absolute atomic E-state index is 13.4. The number of allylic oxidation sites excluding steroid dienone is 2. The minimum Gasteiger partial charge on any atom is -0.496 e. The number of carbonyl (C=O) groups is 2. The molecule has 1 unspecified atom stereocenters. The highest BCUT2D eigenvalue weighted by Gasteiger charge is 2.45. The molecule has 2 aromatic carbocycles. The van der Waals surface area contributed by atoms with Crippen molar-refractivity contribution >= 4 is 17.4 Å². The van der Waals surface area contributed by atoms with Crippen LogP contribution in [0.25, 0.3) is 0 Å². The summed E-state index contributed by atoms with van der Waals surface area (Å²) in [7, 11) is 1.60. The van der Waals surface area contributed by atoms with Gasteiger partial charge in [0.05, 0.1) is 18.4 Å². The van der Waals surface area contributed by atoms with E-state index in [2.05, 4.69) is 6.07 Å². The van der Waals surface area contributed by atoms with Gasteiger partial charge in [-0.05, 0) is 30.0 Å². The number of methoxy groups -OCH3 is 1. The van der Waals surface area contributed by atoms with Crippen LogP contribution in [0.2, 0.25) is 0 Å².